The second-order valence-corrected chi connectivity index (χ2v) is 4.45. The van der Waals surface area contributed by atoms with Crippen LogP contribution in [-0.2, 0) is 0 Å². The highest BCUT2D eigenvalue weighted by Crippen LogP contribution is 2.26. The molecular formula is C19H16. The predicted molar refractivity (Wildman–Crippen MR) is 82.1 cm³/mol. The molecule has 0 unspecified atom stereocenters. The molecule has 0 heteroatoms. The van der Waals surface area contributed by atoms with E-state index in [1.54, 1.807) is 6.07 Å². The van der Waals surface area contributed by atoms with Crippen molar-refractivity contribution in [3.63, 3.8) is 0 Å². The summed E-state index contributed by atoms with van der Waals surface area (Å²) in [5.41, 5.74) is 3.97. The van der Waals surface area contributed by atoms with Crippen LogP contribution in [-0.4, -0.2) is 0 Å². The number of benzene rings is 3. The minimum atomic E-state index is -0.372. The summed E-state index contributed by atoms with van der Waals surface area (Å²) < 4.78 is 39.6. The Morgan fingerprint density at radius 3 is 1.95 bits per heavy atom. The van der Waals surface area contributed by atoms with Gasteiger partial charge in [0, 0.05) is 0 Å². The van der Waals surface area contributed by atoms with E-state index >= 15 is 0 Å². The zero-order valence-corrected chi connectivity index (χ0v) is 10.6. The molecule has 19 heavy (non-hydrogen) atoms. The van der Waals surface area contributed by atoms with Gasteiger partial charge in [-0.15, -0.1) is 0 Å². The number of rotatable bonds is 2. The van der Waals surface area contributed by atoms with Gasteiger partial charge in [0.1, 0.15) is 0 Å². The van der Waals surface area contributed by atoms with Crippen LogP contribution in [0.25, 0.3) is 22.3 Å². The summed E-state index contributed by atoms with van der Waals surface area (Å²) in [5, 5.41) is 0. The molecule has 0 fully saturated rings. The normalized spacial score (nSPS) is 14.1. The second kappa shape index (κ2) is 5.11. The van der Waals surface area contributed by atoms with Crippen LogP contribution in [0.15, 0.2) is 78.7 Å². The Labute approximate surface area is 121 Å². The van der Waals surface area contributed by atoms with Gasteiger partial charge in [-0.2, -0.15) is 0 Å². The Morgan fingerprint density at radius 1 is 0.684 bits per heavy atom. The van der Waals surface area contributed by atoms with Gasteiger partial charge in [-0.05, 0) is 35.2 Å². The quantitative estimate of drug-likeness (QED) is 0.576. The summed E-state index contributed by atoms with van der Waals surface area (Å²) in [6, 6.07) is 14.1. The van der Waals surface area contributed by atoms with Crippen molar-refractivity contribution in [1.29, 1.82) is 0 Å². The highest BCUT2D eigenvalue weighted by Gasteiger charge is 2.01. The van der Waals surface area contributed by atoms with E-state index < -0.39 is 0 Å². The van der Waals surface area contributed by atoms with Crippen LogP contribution in [0.4, 0.5) is 0 Å². The van der Waals surface area contributed by atoms with Gasteiger partial charge in [-0.25, -0.2) is 0 Å². The Balaban J connectivity index is 2.21. The molecule has 3 aromatic rings. The molecule has 0 heterocycles. The van der Waals surface area contributed by atoms with Crippen molar-refractivity contribution in [3.8, 4) is 22.3 Å². The topological polar surface area (TPSA) is 0 Å². The maximum Gasteiger partial charge on any atom is 0.0629 e. The Kier molecular flexibility index (Phi) is 1.96. The van der Waals surface area contributed by atoms with Gasteiger partial charge < -0.3 is 0 Å². The van der Waals surface area contributed by atoms with E-state index in [1.807, 2.05) is 43.3 Å². The van der Waals surface area contributed by atoms with E-state index in [-0.39, 0.29) is 35.8 Å². The summed E-state index contributed by atoms with van der Waals surface area (Å²) in [6.07, 6.45) is 0. The van der Waals surface area contributed by atoms with E-state index in [2.05, 4.69) is 6.07 Å². The molecule has 0 amide bonds. The zero-order chi connectivity index (χ0) is 17.4. The largest absolute Gasteiger partial charge is 0.0629 e. The van der Waals surface area contributed by atoms with Crippen LogP contribution in [0.3, 0.4) is 0 Å². The van der Waals surface area contributed by atoms with Gasteiger partial charge in [0.15, 0.2) is 0 Å². The fraction of sp³-hybridized carbons (Fsp3) is 0.0526. The van der Waals surface area contributed by atoms with Gasteiger partial charge in [0.2, 0.25) is 0 Å². The molecule has 0 aromatic heterocycles. The van der Waals surface area contributed by atoms with Crippen LogP contribution >= 0.6 is 0 Å². The molecule has 0 aliphatic carbocycles. The van der Waals surface area contributed by atoms with Crippen LogP contribution in [0, 0.1) is 6.92 Å². The van der Waals surface area contributed by atoms with Crippen molar-refractivity contribution >= 4 is 0 Å². The van der Waals surface area contributed by atoms with Crippen LogP contribution in [0.1, 0.15) is 12.4 Å². The van der Waals surface area contributed by atoms with Gasteiger partial charge in [0.05, 0.1) is 6.85 Å². The zero-order valence-electron chi connectivity index (χ0n) is 15.6. The van der Waals surface area contributed by atoms with E-state index in [0.29, 0.717) is 5.56 Å². The van der Waals surface area contributed by atoms with Crippen molar-refractivity contribution in [2.75, 3.05) is 0 Å². The third-order valence-corrected chi connectivity index (χ3v) is 3.00. The predicted octanol–water partition coefficient (Wildman–Crippen LogP) is 5.33. The van der Waals surface area contributed by atoms with Crippen LogP contribution in [0.2, 0.25) is 0 Å². The summed E-state index contributed by atoms with van der Waals surface area (Å²) in [4.78, 5) is 0. The van der Waals surface area contributed by atoms with Crippen molar-refractivity contribution in [3.05, 3.63) is 84.3 Å². The monoisotopic (exact) mass is 249 g/mol. The van der Waals surface area contributed by atoms with E-state index in [1.165, 1.54) is 0 Å². The number of hydrogen-bond donors (Lipinski definition) is 0. The maximum atomic E-state index is 8.11. The fourth-order valence-corrected chi connectivity index (χ4v) is 2.07. The molecule has 3 rings (SSSR count). The first-order chi connectivity index (χ1) is 11.4. The SMILES string of the molecule is [2H]c1c([2H])c([2H])c(-c2cccc(-c3cccc(C)c3)c2)c([2H])c1[2H]. The average Bonchev–Trinajstić information content (AvgIpc) is 2.59. The molecule has 0 atom stereocenters. The molecule has 0 aliphatic rings. The lowest BCUT2D eigenvalue weighted by Crippen LogP contribution is -1.82. The van der Waals surface area contributed by atoms with Gasteiger partial charge in [-0.1, -0.05) is 78.2 Å². The molecular weight excluding hydrogens is 228 g/mol. The van der Waals surface area contributed by atoms with Crippen molar-refractivity contribution in [2.45, 2.75) is 6.92 Å². The molecule has 0 N–H and O–H groups in total. The lowest BCUT2D eigenvalue weighted by molar-refractivity contribution is 1.47. The molecule has 3 aromatic carbocycles. The Bertz CT molecular complexity index is 902. The Morgan fingerprint density at radius 2 is 1.26 bits per heavy atom. The summed E-state index contributed by atoms with van der Waals surface area (Å²) >= 11 is 0. The standard InChI is InChI=1S/C19H16/c1-15-7-5-10-17(13-15)19-12-6-11-18(14-19)16-8-3-2-4-9-16/h2-14H,1H3/i2D,3D,4D,8D,9D. The summed E-state index contributed by atoms with van der Waals surface area (Å²) in [6.45, 7) is 2.02. The summed E-state index contributed by atoms with van der Waals surface area (Å²) in [7, 11) is 0. The first kappa shape index (κ1) is 7.30. The van der Waals surface area contributed by atoms with Crippen LogP contribution < -0.4 is 0 Å². The Hall–Kier alpha value is -2.34. The van der Waals surface area contributed by atoms with Gasteiger partial charge in [0.25, 0.3) is 0 Å². The lowest BCUT2D eigenvalue weighted by Gasteiger charge is -2.06. The van der Waals surface area contributed by atoms with E-state index in [9.17, 15) is 0 Å². The van der Waals surface area contributed by atoms with Crippen molar-refractivity contribution < 1.29 is 6.85 Å². The highest BCUT2D eigenvalue weighted by molar-refractivity contribution is 5.73. The maximum absolute atomic E-state index is 8.11. The van der Waals surface area contributed by atoms with Crippen molar-refractivity contribution in [2.24, 2.45) is 0 Å². The number of hydrogen-bond acceptors (Lipinski definition) is 0. The van der Waals surface area contributed by atoms with E-state index in [0.717, 1.165) is 16.7 Å². The summed E-state index contributed by atoms with van der Waals surface area (Å²) in [5.74, 6) is 0. The van der Waals surface area contributed by atoms with E-state index in [4.69, 9.17) is 6.85 Å². The van der Waals surface area contributed by atoms with Crippen molar-refractivity contribution in [1.82, 2.24) is 0 Å². The molecule has 0 spiro atoms. The second-order valence-electron chi connectivity index (χ2n) is 4.45. The molecule has 0 radical (unpaired) electrons. The molecule has 0 saturated carbocycles. The van der Waals surface area contributed by atoms with Gasteiger partial charge in [-0.3, -0.25) is 0 Å². The third-order valence-electron chi connectivity index (χ3n) is 3.00. The molecule has 92 valence electrons. The molecule has 0 saturated heterocycles. The number of aryl methyl sites for hydroxylation is 1. The highest BCUT2D eigenvalue weighted by atomic mass is 14.1. The average molecular weight is 249 g/mol. The fourth-order valence-electron chi connectivity index (χ4n) is 2.07. The third kappa shape index (κ3) is 2.58. The first-order valence-corrected chi connectivity index (χ1v) is 6.14. The molecule has 0 aliphatic heterocycles. The minimum Gasteiger partial charge on any atom is -0.0622 e. The first-order valence-electron chi connectivity index (χ1n) is 8.64. The molecule has 0 nitrogen and oxygen atoms in total. The minimum absolute atomic E-state index is 0.178. The lowest BCUT2D eigenvalue weighted by atomic mass is 9.98. The van der Waals surface area contributed by atoms with Gasteiger partial charge >= 0.3 is 0 Å². The smallest absolute Gasteiger partial charge is 0.0622 e. The van der Waals surface area contributed by atoms with Crippen LogP contribution in [0.5, 0.6) is 0 Å². The molecule has 0 bridgehead atoms.